The Kier molecular flexibility index (Phi) is 3.89. The minimum absolute atomic E-state index is 0.0961. The number of aliphatic hydroxyl groups is 1. The van der Waals surface area contributed by atoms with Gasteiger partial charge in [-0.2, -0.15) is 0 Å². The number of rotatable bonds is 4. The third kappa shape index (κ3) is 2.84. The second-order valence-electron chi connectivity index (χ2n) is 4.09. The van der Waals surface area contributed by atoms with Crippen LogP contribution in [-0.4, -0.2) is 21.7 Å². The van der Waals surface area contributed by atoms with Gasteiger partial charge in [0.05, 0.1) is 11.4 Å². The van der Waals surface area contributed by atoms with E-state index in [1.165, 1.54) is 0 Å². The Labute approximate surface area is 106 Å². The first kappa shape index (κ1) is 12.5. The van der Waals surface area contributed by atoms with Crippen LogP contribution in [0.1, 0.15) is 17.0 Å². The zero-order chi connectivity index (χ0) is 13.0. The lowest BCUT2D eigenvalue weighted by Gasteiger charge is -2.11. The molecule has 1 N–H and O–H groups in total. The maximum atomic E-state index is 9.03. The summed E-state index contributed by atoms with van der Waals surface area (Å²) < 4.78 is 5.79. The molecular formula is C14H16N2O2. The highest BCUT2D eigenvalue weighted by Gasteiger charge is 2.08. The number of aryl methyl sites for hydroxylation is 2. The van der Waals surface area contributed by atoms with Crippen molar-refractivity contribution >= 4 is 0 Å². The van der Waals surface area contributed by atoms with E-state index in [2.05, 4.69) is 9.97 Å². The normalized spacial score (nSPS) is 10.4. The summed E-state index contributed by atoms with van der Waals surface area (Å²) >= 11 is 0. The van der Waals surface area contributed by atoms with Crippen molar-refractivity contribution in [3.63, 3.8) is 0 Å². The first-order valence-corrected chi connectivity index (χ1v) is 5.87. The molecule has 0 radical (unpaired) electrons. The summed E-state index contributed by atoms with van der Waals surface area (Å²) in [5, 5.41) is 9.03. The van der Waals surface area contributed by atoms with Gasteiger partial charge in [0.1, 0.15) is 5.75 Å². The Morgan fingerprint density at radius 1 is 1.22 bits per heavy atom. The molecule has 4 nitrogen and oxygen atoms in total. The van der Waals surface area contributed by atoms with E-state index >= 15 is 0 Å². The average Bonchev–Trinajstić information content (AvgIpc) is 2.36. The quantitative estimate of drug-likeness (QED) is 0.897. The predicted molar refractivity (Wildman–Crippen MR) is 68.8 cm³/mol. The zero-order valence-electron chi connectivity index (χ0n) is 10.6. The molecule has 0 saturated heterocycles. The van der Waals surface area contributed by atoms with E-state index in [-0.39, 0.29) is 6.61 Å². The molecule has 2 rings (SSSR count). The van der Waals surface area contributed by atoms with Crippen molar-refractivity contribution < 1.29 is 9.84 Å². The van der Waals surface area contributed by atoms with Crippen LogP contribution in [-0.2, 0) is 6.42 Å². The summed E-state index contributed by atoms with van der Waals surface area (Å²) in [4.78, 5) is 8.54. The van der Waals surface area contributed by atoms with E-state index in [0.29, 0.717) is 12.3 Å². The molecule has 2 aromatic rings. The van der Waals surface area contributed by atoms with Crippen LogP contribution >= 0.6 is 0 Å². The number of para-hydroxylation sites is 1. The van der Waals surface area contributed by atoms with Gasteiger partial charge in [0.25, 0.3) is 0 Å². The van der Waals surface area contributed by atoms with E-state index < -0.39 is 0 Å². The number of nitrogens with zero attached hydrogens (tertiary/aromatic N) is 2. The van der Waals surface area contributed by atoms with Gasteiger partial charge in [-0.25, -0.2) is 4.98 Å². The summed E-state index contributed by atoms with van der Waals surface area (Å²) in [6, 6.07) is 7.62. The standard InChI is InChI=1S/C14H16N2O2/c1-10-9-15-11(2)14(16-10)18-13-6-4-3-5-12(13)7-8-17/h3-6,9,17H,7-8H2,1-2H3. The van der Waals surface area contributed by atoms with Gasteiger partial charge in [-0.3, -0.25) is 4.98 Å². The molecule has 0 aliphatic carbocycles. The maximum Gasteiger partial charge on any atom is 0.241 e. The molecule has 0 unspecified atom stereocenters. The second kappa shape index (κ2) is 5.60. The Bertz CT molecular complexity index is 541. The first-order valence-electron chi connectivity index (χ1n) is 5.87. The van der Waals surface area contributed by atoms with E-state index in [9.17, 15) is 0 Å². The summed E-state index contributed by atoms with van der Waals surface area (Å²) in [5.41, 5.74) is 2.53. The van der Waals surface area contributed by atoms with Gasteiger partial charge < -0.3 is 9.84 Å². The van der Waals surface area contributed by atoms with Gasteiger partial charge in [-0.1, -0.05) is 18.2 Å². The van der Waals surface area contributed by atoms with E-state index in [1.807, 2.05) is 38.1 Å². The third-order valence-electron chi connectivity index (χ3n) is 2.59. The Morgan fingerprint density at radius 3 is 2.78 bits per heavy atom. The summed E-state index contributed by atoms with van der Waals surface area (Å²) in [6.45, 7) is 3.83. The Morgan fingerprint density at radius 2 is 2.00 bits per heavy atom. The highest BCUT2D eigenvalue weighted by Crippen LogP contribution is 2.25. The minimum atomic E-state index is 0.0961. The van der Waals surface area contributed by atoms with Crippen molar-refractivity contribution in [1.29, 1.82) is 0 Å². The van der Waals surface area contributed by atoms with Gasteiger partial charge in [0.15, 0.2) is 0 Å². The van der Waals surface area contributed by atoms with Crippen molar-refractivity contribution in [2.75, 3.05) is 6.61 Å². The molecule has 1 aromatic heterocycles. The van der Waals surface area contributed by atoms with Crippen LogP contribution in [0.4, 0.5) is 0 Å². The zero-order valence-corrected chi connectivity index (χ0v) is 10.6. The van der Waals surface area contributed by atoms with Gasteiger partial charge in [-0.05, 0) is 31.9 Å². The van der Waals surface area contributed by atoms with Crippen LogP contribution in [0, 0.1) is 13.8 Å². The third-order valence-corrected chi connectivity index (χ3v) is 2.59. The molecule has 0 aliphatic heterocycles. The number of aliphatic hydroxyl groups excluding tert-OH is 1. The molecule has 0 amide bonds. The smallest absolute Gasteiger partial charge is 0.241 e. The average molecular weight is 244 g/mol. The number of benzene rings is 1. The molecule has 0 spiro atoms. The highest BCUT2D eigenvalue weighted by atomic mass is 16.5. The largest absolute Gasteiger partial charge is 0.437 e. The Balaban J connectivity index is 2.30. The van der Waals surface area contributed by atoms with Crippen molar-refractivity contribution in [1.82, 2.24) is 9.97 Å². The van der Waals surface area contributed by atoms with Crippen LogP contribution in [0.25, 0.3) is 0 Å². The fraction of sp³-hybridized carbons (Fsp3) is 0.286. The number of hydrogen-bond donors (Lipinski definition) is 1. The van der Waals surface area contributed by atoms with E-state index in [0.717, 1.165) is 22.7 Å². The van der Waals surface area contributed by atoms with Crippen molar-refractivity contribution in [2.45, 2.75) is 20.3 Å². The van der Waals surface area contributed by atoms with Crippen LogP contribution in [0.15, 0.2) is 30.5 Å². The summed E-state index contributed by atoms with van der Waals surface area (Å²) in [5.74, 6) is 1.23. The van der Waals surface area contributed by atoms with Crippen LogP contribution in [0.3, 0.4) is 0 Å². The summed E-state index contributed by atoms with van der Waals surface area (Å²) in [7, 11) is 0. The van der Waals surface area contributed by atoms with Gasteiger partial charge in [-0.15, -0.1) is 0 Å². The molecule has 0 saturated carbocycles. The monoisotopic (exact) mass is 244 g/mol. The van der Waals surface area contributed by atoms with E-state index in [1.54, 1.807) is 6.20 Å². The number of ether oxygens (including phenoxy) is 1. The van der Waals surface area contributed by atoms with E-state index in [4.69, 9.17) is 9.84 Å². The molecule has 0 atom stereocenters. The van der Waals surface area contributed by atoms with Gasteiger partial charge in [0, 0.05) is 12.8 Å². The van der Waals surface area contributed by atoms with Gasteiger partial charge in [0.2, 0.25) is 5.88 Å². The van der Waals surface area contributed by atoms with Crippen molar-refractivity contribution in [2.24, 2.45) is 0 Å². The highest BCUT2D eigenvalue weighted by molar-refractivity contribution is 5.37. The van der Waals surface area contributed by atoms with Crippen LogP contribution in [0.5, 0.6) is 11.6 Å². The Hall–Kier alpha value is -1.94. The van der Waals surface area contributed by atoms with Crippen molar-refractivity contribution in [3.05, 3.63) is 47.4 Å². The molecule has 18 heavy (non-hydrogen) atoms. The molecule has 0 fully saturated rings. The molecule has 0 aliphatic rings. The fourth-order valence-electron chi connectivity index (χ4n) is 1.65. The van der Waals surface area contributed by atoms with Crippen LogP contribution in [0.2, 0.25) is 0 Å². The molecule has 94 valence electrons. The fourth-order valence-corrected chi connectivity index (χ4v) is 1.65. The second-order valence-corrected chi connectivity index (χ2v) is 4.09. The molecule has 0 bridgehead atoms. The molecule has 4 heteroatoms. The minimum Gasteiger partial charge on any atom is -0.437 e. The summed E-state index contributed by atoms with van der Waals surface area (Å²) in [6.07, 6.45) is 2.27. The van der Waals surface area contributed by atoms with Crippen molar-refractivity contribution in [3.8, 4) is 11.6 Å². The predicted octanol–water partition coefficient (Wildman–Crippen LogP) is 2.42. The molecule has 1 aromatic carbocycles. The topological polar surface area (TPSA) is 55.2 Å². The first-order chi connectivity index (χ1) is 8.70. The molecule has 1 heterocycles. The number of aromatic nitrogens is 2. The molecular weight excluding hydrogens is 228 g/mol. The maximum absolute atomic E-state index is 9.03. The van der Waals surface area contributed by atoms with Crippen LogP contribution < -0.4 is 4.74 Å². The SMILES string of the molecule is Cc1cnc(C)c(Oc2ccccc2CCO)n1. The lowest BCUT2D eigenvalue weighted by atomic mass is 10.1. The lowest BCUT2D eigenvalue weighted by molar-refractivity contribution is 0.297. The lowest BCUT2D eigenvalue weighted by Crippen LogP contribution is -1.99. The van der Waals surface area contributed by atoms with Gasteiger partial charge >= 0.3 is 0 Å². The number of hydrogen-bond acceptors (Lipinski definition) is 4.